The maximum Gasteiger partial charge on any atom is 0.306 e. The summed E-state index contributed by atoms with van der Waals surface area (Å²) in [6, 6.07) is 0. The first-order valence-corrected chi connectivity index (χ1v) is 23.0. The molecule has 0 saturated heterocycles. The van der Waals surface area contributed by atoms with Crippen molar-refractivity contribution in [2.45, 2.75) is 239 Å². The first kappa shape index (κ1) is 51.6. The Kier molecular flexibility index (Phi) is 41.5. The first-order chi connectivity index (χ1) is 26.5. The van der Waals surface area contributed by atoms with E-state index in [2.05, 4.69) is 51.2 Å². The normalized spacial score (nSPS) is 12.3. The second-order valence-electron chi connectivity index (χ2n) is 15.3. The minimum absolute atomic E-state index is 0.0916. The summed E-state index contributed by atoms with van der Waals surface area (Å²) in [5.41, 5.74) is 0. The predicted octanol–water partition coefficient (Wildman–Crippen LogP) is 14.6. The van der Waals surface area contributed by atoms with Crippen LogP contribution in [0, 0.1) is 0 Å². The molecular formula is C48H86O6. The van der Waals surface area contributed by atoms with E-state index < -0.39 is 6.10 Å². The van der Waals surface area contributed by atoms with E-state index in [0.29, 0.717) is 19.3 Å². The number of carbonyl (C=O) groups is 3. The molecule has 0 amide bonds. The van der Waals surface area contributed by atoms with Gasteiger partial charge in [0.15, 0.2) is 6.10 Å². The minimum atomic E-state index is -0.791. The Balaban J connectivity index is 4.44. The quantitative estimate of drug-likeness (QED) is 0.0267. The van der Waals surface area contributed by atoms with Crippen LogP contribution in [0.4, 0.5) is 0 Å². The molecule has 0 spiro atoms. The molecule has 314 valence electrons. The van der Waals surface area contributed by atoms with Crippen molar-refractivity contribution in [1.82, 2.24) is 0 Å². The molecule has 1 unspecified atom stereocenters. The van der Waals surface area contributed by atoms with Crippen molar-refractivity contribution < 1.29 is 28.6 Å². The lowest BCUT2D eigenvalue weighted by atomic mass is 10.0. The molecule has 0 aliphatic carbocycles. The van der Waals surface area contributed by atoms with E-state index in [1.807, 2.05) is 6.08 Å². The fourth-order valence-corrected chi connectivity index (χ4v) is 6.36. The summed E-state index contributed by atoms with van der Waals surface area (Å²) >= 11 is 0. The highest BCUT2D eigenvalue weighted by atomic mass is 16.6. The first-order valence-electron chi connectivity index (χ1n) is 23.0. The van der Waals surface area contributed by atoms with E-state index in [9.17, 15) is 14.4 Å². The standard InChI is InChI=1S/C48H86O6/c1-4-7-10-13-16-19-22-24-27-29-32-35-38-41-47(50)53-44-45(43-52-46(49)40-37-34-31-28-25-21-18-15-12-9-6-3)54-48(51)42-39-36-33-30-26-23-20-17-14-11-8-5-2/h15,18,24,27,32,35,45H,4-14,16-17,19-23,25-26,28-31,33-34,36-44H2,1-3H3/b18-15-,27-24-,35-32-. The molecule has 0 aliphatic heterocycles. The van der Waals surface area contributed by atoms with Crippen LogP contribution in [0.5, 0.6) is 0 Å². The highest BCUT2D eigenvalue weighted by Crippen LogP contribution is 2.14. The van der Waals surface area contributed by atoms with Gasteiger partial charge in [-0.1, -0.05) is 192 Å². The second kappa shape index (κ2) is 43.4. The van der Waals surface area contributed by atoms with Gasteiger partial charge in [0.25, 0.3) is 0 Å². The van der Waals surface area contributed by atoms with Crippen molar-refractivity contribution in [2.24, 2.45) is 0 Å². The van der Waals surface area contributed by atoms with E-state index in [1.165, 1.54) is 128 Å². The van der Waals surface area contributed by atoms with Crippen molar-refractivity contribution >= 4 is 17.9 Å². The molecule has 0 fully saturated rings. The molecule has 0 rings (SSSR count). The van der Waals surface area contributed by atoms with Gasteiger partial charge in [-0.25, -0.2) is 0 Å². The molecule has 1 atom stereocenters. The van der Waals surface area contributed by atoms with E-state index in [0.717, 1.165) is 57.8 Å². The zero-order valence-electron chi connectivity index (χ0n) is 35.7. The zero-order chi connectivity index (χ0) is 39.4. The van der Waals surface area contributed by atoms with Gasteiger partial charge in [-0.15, -0.1) is 0 Å². The van der Waals surface area contributed by atoms with Crippen molar-refractivity contribution in [3.05, 3.63) is 36.5 Å². The Labute approximate surface area is 334 Å². The van der Waals surface area contributed by atoms with E-state index in [1.54, 1.807) is 0 Å². The average Bonchev–Trinajstić information content (AvgIpc) is 3.17. The zero-order valence-corrected chi connectivity index (χ0v) is 35.7. The van der Waals surface area contributed by atoms with Gasteiger partial charge in [-0.3, -0.25) is 14.4 Å². The SMILES string of the molecule is CCCC/C=C\CCCCCCCC(=O)OCC(COC(=O)CC/C=C\C/C=C\CCCCCCCC)OC(=O)CCCCCCCCCCCCCC. The van der Waals surface area contributed by atoms with E-state index in [-0.39, 0.29) is 37.5 Å². The maximum atomic E-state index is 12.7. The van der Waals surface area contributed by atoms with Gasteiger partial charge >= 0.3 is 17.9 Å². The highest BCUT2D eigenvalue weighted by molar-refractivity contribution is 5.71. The van der Waals surface area contributed by atoms with Crippen LogP contribution in [0.1, 0.15) is 233 Å². The van der Waals surface area contributed by atoms with E-state index >= 15 is 0 Å². The van der Waals surface area contributed by atoms with Crippen molar-refractivity contribution in [3.63, 3.8) is 0 Å². The van der Waals surface area contributed by atoms with Crippen LogP contribution in [0.25, 0.3) is 0 Å². The molecule has 0 N–H and O–H groups in total. The number of unbranched alkanes of at least 4 members (excludes halogenated alkanes) is 24. The largest absolute Gasteiger partial charge is 0.462 e. The summed E-state index contributed by atoms with van der Waals surface area (Å²) in [6.45, 7) is 6.52. The fraction of sp³-hybridized carbons (Fsp3) is 0.812. The van der Waals surface area contributed by atoms with Crippen LogP contribution in [-0.4, -0.2) is 37.2 Å². The Bertz CT molecular complexity index is 922. The second-order valence-corrected chi connectivity index (χ2v) is 15.3. The Morgan fingerprint density at radius 1 is 0.370 bits per heavy atom. The lowest BCUT2D eigenvalue weighted by molar-refractivity contribution is -0.166. The monoisotopic (exact) mass is 759 g/mol. The number of hydrogen-bond donors (Lipinski definition) is 0. The molecule has 0 aromatic heterocycles. The van der Waals surface area contributed by atoms with Crippen LogP contribution in [0.3, 0.4) is 0 Å². The van der Waals surface area contributed by atoms with Crippen LogP contribution in [0.15, 0.2) is 36.5 Å². The topological polar surface area (TPSA) is 78.9 Å². The summed E-state index contributed by atoms with van der Waals surface area (Å²) < 4.78 is 16.6. The third-order valence-electron chi connectivity index (χ3n) is 9.88. The van der Waals surface area contributed by atoms with Crippen LogP contribution in [-0.2, 0) is 28.6 Å². The highest BCUT2D eigenvalue weighted by Gasteiger charge is 2.19. The van der Waals surface area contributed by atoms with Crippen LogP contribution < -0.4 is 0 Å². The van der Waals surface area contributed by atoms with Crippen LogP contribution >= 0.6 is 0 Å². The molecule has 0 aromatic carbocycles. The molecular weight excluding hydrogens is 673 g/mol. The Hall–Kier alpha value is -2.37. The van der Waals surface area contributed by atoms with Crippen LogP contribution in [0.2, 0.25) is 0 Å². The Morgan fingerprint density at radius 3 is 1.20 bits per heavy atom. The summed E-state index contributed by atoms with van der Waals surface area (Å²) in [5.74, 6) is -0.969. The minimum Gasteiger partial charge on any atom is -0.462 e. The number of allylic oxidation sites excluding steroid dienone is 6. The number of esters is 3. The van der Waals surface area contributed by atoms with Gasteiger partial charge in [0, 0.05) is 19.3 Å². The third kappa shape index (κ3) is 40.8. The summed E-state index contributed by atoms with van der Waals surface area (Å²) in [7, 11) is 0. The molecule has 0 bridgehead atoms. The number of ether oxygens (including phenoxy) is 3. The van der Waals surface area contributed by atoms with E-state index in [4.69, 9.17) is 14.2 Å². The number of hydrogen-bond acceptors (Lipinski definition) is 6. The smallest absolute Gasteiger partial charge is 0.306 e. The van der Waals surface area contributed by atoms with Gasteiger partial charge in [0.05, 0.1) is 0 Å². The van der Waals surface area contributed by atoms with Crippen molar-refractivity contribution in [2.75, 3.05) is 13.2 Å². The molecule has 0 heterocycles. The van der Waals surface area contributed by atoms with Crippen molar-refractivity contribution in [1.29, 1.82) is 0 Å². The summed E-state index contributed by atoms with van der Waals surface area (Å²) in [4.78, 5) is 37.7. The third-order valence-corrected chi connectivity index (χ3v) is 9.88. The number of carbonyl (C=O) groups excluding carboxylic acids is 3. The van der Waals surface area contributed by atoms with Gasteiger partial charge < -0.3 is 14.2 Å². The predicted molar refractivity (Wildman–Crippen MR) is 229 cm³/mol. The molecule has 0 aromatic rings. The molecule has 54 heavy (non-hydrogen) atoms. The van der Waals surface area contributed by atoms with Gasteiger partial charge in [-0.2, -0.15) is 0 Å². The molecule has 6 heteroatoms. The average molecular weight is 759 g/mol. The molecule has 0 radical (unpaired) electrons. The molecule has 0 aliphatic rings. The van der Waals surface area contributed by atoms with Crippen molar-refractivity contribution in [3.8, 4) is 0 Å². The lowest BCUT2D eigenvalue weighted by Gasteiger charge is -2.18. The molecule has 6 nitrogen and oxygen atoms in total. The summed E-state index contributed by atoms with van der Waals surface area (Å²) in [6.07, 6.45) is 48.5. The molecule has 0 saturated carbocycles. The summed E-state index contributed by atoms with van der Waals surface area (Å²) in [5, 5.41) is 0. The lowest BCUT2D eigenvalue weighted by Crippen LogP contribution is -2.30. The maximum absolute atomic E-state index is 12.7. The van der Waals surface area contributed by atoms with Gasteiger partial charge in [0.2, 0.25) is 0 Å². The Morgan fingerprint density at radius 2 is 0.722 bits per heavy atom. The fourth-order valence-electron chi connectivity index (χ4n) is 6.36. The van der Waals surface area contributed by atoms with Gasteiger partial charge in [-0.05, 0) is 57.8 Å². The van der Waals surface area contributed by atoms with Gasteiger partial charge in [0.1, 0.15) is 13.2 Å². The number of rotatable bonds is 41.